The first-order chi connectivity index (χ1) is 37.5. The number of amides is 2. The molecule has 1 aromatic heterocycles. The molecule has 29 heteroatoms. The van der Waals surface area contributed by atoms with Crippen LogP contribution in [0.2, 0.25) is 0 Å². The maximum Gasteiger partial charge on any atom is 0.326 e. The first kappa shape index (κ1) is 68.1. The van der Waals surface area contributed by atoms with Crippen molar-refractivity contribution in [3.8, 4) is 0 Å². The van der Waals surface area contributed by atoms with E-state index in [2.05, 4.69) is 10.2 Å². The summed E-state index contributed by atoms with van der Waals surface area (Å²) in [5.41, 5.74) is 1.67. The number of carboxylic acids is 8. The second-order valence-electron chi connectivity index (χ2n) is 19.9. The number of rotatable bonds is 32. The zero-order chi connectivity index (χ0) is 58.0. The zero-order valence-electron chi connectivity index (χ0n) is 44.4. The average molecular weight is 1290 g/mol. The van der Waals surface area contributed by atoms with Gasteiger partial charge in [0.15, 0.2) is 0 Å². The van der Waals surface area contributed by atoms with Crippen LogP contribution < -0.4 is 15.5 Å². The van der Waals surface area contributed by atoms with Crippen LogP contribution in [0.4, 0.5) is 10.7 Å². The van der Waals surface area contributed by atoms with E-state index in [4.69, 9.17) is 20.1 Å². The second kappa shape index (κ2) is 35.5. The van der Waals surface area contributed by atoms with Crippen LogP contribution in [0.5, 0.6) is 0 Å². The van der Waals surface area contributed by atoms with Gasteiger partial charge >= 0.3 is 53.8 Å². The third-order valence-electron chi connectivity index (χ3n) is 13.6. The molecule has 2 saturated heterocycles. The number of unbranched alkanes of at least 4 members (excludes halogenated alkanes) is 2. The first-order valence-electron chi connectivity index (χ1n) is 26.4. The third kappa shape index (κ3) is 26.4. The van der Waals surface area contributed by atoms with E-state index < -0.39 is 116 Å². The Labute approximate surface area is 491 Å². The number of aromatic nitrogens is 3. The van der Waals surface area contributed by atoms with Gasteiger partial charge in [0.1, 0.15) is 29.5 Å². The normalized spacial score (nSPS) is 17.2. The fraction of sp³-hybridized carbons (Fsp3) is 0.627. The predicted molar refractivity (Wildman–Crippen MR) is 278 cm³/mol. The summed E-state index contributed by atoms with van der Waals surface area (Å²) in [5.74, 6) is -10.00. The number of piperidine rings is 1. The number of hydrogen-bond donors (Lipinski definition) is 10. The summed E-state index contributed by atoms with van der Waals surface area (Å²) >= 11 is 0. The summed E-state index contributed by atoms with van der Waals surface area (Å²) < 4.78 is 0. The summed E-state index contributed by atoms with van der Waals surface area (Å²) in [4.78, 5) is 143. The van der Waals surface area contributed by atoms with Gasteiger partial charge in [-0.15, -0.1) is 0 Å². The van der Waals surface area contributed by atoms with E-state index in [1.54, 1.807) is 19.6 Å². The van der Waals surface area contributed by atoms with Crippen molar-refractivity contribution >= 4 is 65.5 Å². The number of anilines is 1. The van der Waals surface area contributed by atoms with Crippen molar-refractivity contribution in [3.63, 3.8) is 0 Å². The maximum atomic E-state index is 12.9. The monoisotopic (exact) mass is 1290 g/mol. The number of aliphatic carboxylic acids is 8. The summed E-state index contributed by atoms with van der Waals surface area (Å²) in [5, 5.41) is 80.8. The van der Waals surface area contributed by atoms with Crippen molar-refractivity contribution in [2.45, 2.75) is 114 Å². The van der Waals surface area contributed by atoms with E-state index in [1.807, 2.05) is 29.6 Å². The van der Waals surface area contributed by atoms with Crippen molar-refractivity contribution in [1.29, 1.82) is 0 Å². The molecule has 10 N–H and O–H groups in total. The summed E-state index contributed by atoms with van der Waals surface area (Å²) in [7, 11) is 0. The molecule has 0 bridgehead atoms. The Morgan fingerprint density at radius 3 is 1.57 bits per heavy atom. The van der Waals surface area contributed by atoms with Gasteiger partial charge in [0, 0.05) is 134 Å². The van der Waals surface area contributed by atoms with Crippen molar-refractivity contribution in [1.82, 2.24) is 45.2 Å². The molecule has 0 saturated carbocycles. The Balaban J connectivity index is 0.0000168. The standard InChI is InChI=1S/C51H74N10O18.Lu/c62-37(13-14-38(48(75)76)52-51(79)53-39(49(77)78)15-16-42(63)64)27-35(47(73)74)7-3-1-4-8-40-54-41(56-50(55-40)60-17-5-2-6-18-60)26-34-11-9-33(10-12-34)25-36-28-59(31-45(69)70)22-21-57(29-43(65)66)19-20-58(30-44(67)68)23-24-61(36)32-46(71)72;/h9-12,35-36,38-39H,1-8,13-32H2,(H,63,64)(H,65,66)(H,67,68)(H,69,70)(H,71,72)(H,73,74)(H,75,76)(H,77,78)(H2,52,53,79);/t35-,36?,38+,39+;/m1./s1. The number of Topliss-reactive ketones (excluding diaryl/α,β-unsaturated/α-hetero) is 1. The number of benzene rings is 1. The molecule has 451 valence electrons. The van der Waals surface area contributed by atoms with Crippen molar-refractivity contribution < 1.29 is 126 Å². The van der Waals surface area contributed by atoms with E-state index in [-0.39, 0.29) is 115 Å². The molecule has 3 heterocycles. The molecule has 2 aromatic rings. The minimum atomic E-state index is -1.63. The summed E-state index contributed by atoms with van der Waals surface area (Å²) in [6, 6.07) is 2.61. The average Bonchev–Trinajstić information content (AvgIpc) is 3.37. The van der Waals surface area contributed by atoms with Crippen molar-refractivity contribution in [2.75, 3.05) is 90.0 Å². The van der Waals surface area contributed by atoms with Crippen LogP contribution in [0, 0.1) is 42.8 Å². The molecule has 2 amide bonds. The number of nitrogens with one attached hydrogen (secondary N) is 2. The minimum Gasteiger partial charge on any atom is -0.481 e. The number of hydrogen-bond acceptors (Lipinski definition) is 18. The SMILES string of the molecule is O=C(O)CC[C@H](NC(=O)N[C@@H](CCC(=O)C[C@@H](CCCCCc1nc(Cc2ccc(CC3CN(CC(=O)O)CCN(CC(=O)O)CCN(CC(=O)O)CCN3CC(=O)O)cc2)nc(N2CCCCC2)n1)C(=O)O)C(=O)O)C(=O)O.[Lu]. The van der Waals surface area contributed by atoms with Gasteiger partial charge in [-0.25, -0.2) is 19.4 Å². The smallest absolute Gasteiger partial charge is 0.326 e. The number of nitrogens with zero attached hydrogens (tertiary/aromatic N) is 8. The molecule has 0 spiro atoms. The van der Waals surface area contributed by atoms with Crippen LogP contribution in [0.15, 0.2) is 24.3 Å². The largest absolute Gasteiger partial charge is 0.481 e. The second-order valence-corrected chi connectivity index (χ2v) is 19.9. The number of aryl methyl sites for hydroxylation is 1. The predicted octanol–water partition coefficient (Wildman–Crippen LogP) is 0.537. The molecule has 1 radical (unpaired) electrons. The van der Waals surface area contributed by atoms with E-state index in [0.29, 0.717) is 56.1 Å². The molecule has 2 aliphatic heterocycles. The van der Waals surface area contributed by atoms with E-state index >= 15 is 0 Å². The van der Waals surface area contributed by atoms with Gasteiger partial charge in [-0.1, -0.05) is 37.1 Å². The quantitative estimate of drug-likeness (QED) is 0.0447. The number of carboxylic acid groups (broad SMARTS) is 8. The van der Waals surface area contributed by atoms with Crippen LogP contribution in [0.1, 0.15) is 99.8 Å². The molecule has 1 unspecified atom stereocenters. The van der Waals surface area contributed by atoms with Gasteiger partial charge in [0.05, 0.1) is 32.1 Å². The van der Waals surface area contributed by atoms with Gasteiger partial charge in [0.2, 0.25) is 5.95 Å². The topological polar surface area (TPSA) is 411 Å². The van der Waals surface area contributed by atoms with Crippen LogP contribution in [-0.2, 0) is 62.4 Å². The molecule has 4 rings (SSSR count). The number of ketones is 1. The zero-order valence-corrected chi connectivity index (χ0v) is 46.1. The Hall–Kier alpha value is -6.20. The number of urea groups is 1. The van der Waals surface area contributed by atoms with Crippen LogP contribution in [-0.4, -0.2) is 238 Å². The van der Waals surface area contributed by atoms with E-state index in [1.165, 1.54) is 0 Å². The Morgan fingerprint density at radius 1 is 0.525 bits per heavy atom. The molecule has 1 aromatic carbocycles. The maximum absolute atomic E-state index is 12.9. The summed E-state index contributed by atoms with van der Waals surface area (Å²) in [6.45, 7) is 1.21. The number of carbonyl (C=O) groups excluding carboxylic acids is 2. The Morgan fingerprint density at radius 2 is 1.04 bits per heavy atom. The van der Waals surface area contributed by atoms with Crippen LogP contribution in [0.25, 0.3) is 0 Å². The third-order valence-corrected chi connectivity index (χ3v) is 13.6. The first-order valence-corrected chi connectivity index (χ1v) is 26.4. The van der Waals surface area contributed by atoms with Gasteiger partial charge < -0.3 is 56.4 Å². The fourth-order valence-electron chi connectivity index (χ4n) is 9.47. The molecule has 28 nitrogen and oxygen atoms in total. The van der Waals surface area contributed by atoms with E-state index in [9.17, 15) is 83.7 Å². The fourth-order valence-corrected chi connectivity index (χ4v) is 9.47. The molecular formula is C51H74LuN10O18. The van der Waals surface area contributed by atoms with Gasteiger partial charge in [-0.3, -0.25) is 53.2 Å². The molecule has 2 fully saturated rings. The van der Waals surface area contributed by atoms with Gasteiger partial charge in [-0.2, -0.15) is 9.97 Å². The van der Waals surface area contributed by atoms with Crippen LogP contribution >= 0.6 is 0 Å². The van der Waals surface area contributed by atoms with Crippen LogP contribution in [0.3, 0.4) is 0 Å². The molecule has 80 heavy (non-hydrogen) atoms. The molecule has 2 aliphatic rings. The van der Waals surface area contributed by atoms with E-state index in [0.717, 1.165) is 43.5 Å². The molecule has 4 atom stereocenters. The Kier molecular flexibility index (Phi) is 30.2. The Bertz CT molecular complexity index is 2420. The molecule has 0 aliphatic carbocycles. The molecular weight excluding hydrogens is 1220 g/mol. The van der Waals surface area contributed by atoms with Gasteiger partial charge in [-0.05, 0) is 62.5 Å². The van der Waals surface area contributed by atoms with Crippen molar-refractivity contribution in [2.24, 2.45) is 5.92 Å². The van der Waals surface area contributed by atoms with Crippen molar-refractivity contribution in [3.05, 3.63) is 47.0 Å². The van der Waals surface area contributed by atoms with Gasteiger partial charge in [0.25, 0.3) is 0 Å². The summed E-state index contributed by atoms with van der Waals surface area (Å²) in [6.07, 6.45) is 3.56. The number of carbonyl (C=O) groups is 10. The minimum absolute atomic E-state index is 0.